The lowest BCUT2D eigenvalue weighted by atomic mass is 9.99. The summed E-state index contributed by atoms with van der Waals surface area (Å²) in [7, 11) is 0. The lowest BCUT2D eigenvalue weighted by Gasteiger charge is -2.32. The highest BCUT2D eigenvalue weighted by molar-refractivity contribution is 7.17. The fraction of sp³-hybridized carbons (Fsp3) is 0.250. The third-order valence-electron chi connectivity index (χ3n) is 6.02. The minimum Gasteiger partial charge on any atom is -0.372 e. The number of anilines is 3. The number of nitrogens with one attached hydrogen (secondary N) is 1. The molecule has 1 aliphatic heterocycles. The van der Waals surface area contributed by atoms with E-state index in [0.717, 1.165) is 46.0 Å². The Hall–Kier alpha value is -3.52. The molecular weight excluding hydrogens is 422 g/mol. The molecule has 0 atom stereocenters. The molecule has 0 spiro atoms. The largest absolute Gasteiger partial charge is 0.372 e. The standard InChI is InChI=1S/C24H23N5O2S/c1-16-9-11-28(12-10-16)19-7-5-18(6-8-19)27-23-22-21(14-32-24(22)26-15-25-23)17-3-2-4-20(13-17)29(30)31/h2-8,13-16H,9-12H2,1H3,(H,25,26,27). The molecule has 8 heteroatoms. The summed E-state index contributed by atoms with van der Waals surface area (Å²) in [4.78, 5) is 23.0. The number of fused-ring (bicyclic) bond motifs is 1. The summed E-state index contributed by atoms with van der Waals surface area (Å²) in [5.41, 5.74) is 3.91. The van der Waals surface area contributed by atoms with E-state index in [1.165, 1.54) is 35.9 Å². The quantitative estimate of drug-likeness (QED) is 0.289. The van der Waals surface area contributed by atoms with Crippen LogP contribution in [0.15, 0.2) is 60.2 Å². The minimum atomic E-state index is -0.377. The second-order valence-electron chi connectivity index (χ2n) is 8.20. The molecule has 162 valence electrons. The van der Waals surface area contributed by atoms with E-state index in [4.69, 9.17) is 0 Å². The van der Waals surface area contributed by atoms with Gasteiger partial charge in [-0.2, -0.15) is 0 Å². The number of nitro benzene ring substituents is 1. The molecule has 2 aromatic heterocycles. The zero-order valence-electron chi connectivity index (χ0n) is 17.7. The number of aromatic nitrogens is 2. The molecule has 1 saturated heterocycles. The first kappa shape index (κ1) is 20.4. The third kappa shape index (κ3) is 4.01. The van der Waals surface area contributed by atoms with Crippen LogP contribution in [0.2, 0.25) is 0 Å². The zero-order valence-corrected chi connectivity index (χ0v) is 18.5. The van der Waals surface area contributed by atoms with Crippen LogP contribution < -0.4 is 10.2 Å². The predicted octanol–water partition coefficient (Wildman–Crippen LogP) is 6.25. The zero-order chi connectivity index (χ0) is 22.1. The molecule has 0 unspecified atom stereocenters. The Morgan fingerprint density at radius 2 is 1.91 bits per heavy atom. The van der Waals surface area contributed by atoms with Gasteiger partial charge in [-0.15, -0.1) is 11.3 Å². The average molecular weight is 446 g/mol. The molecule has 0 saturated carbocycles. The van der Waals surface area contributed by atoms with Gasteiger partial charge in [-0.1, -0.05) is 19.1 Å². The summed E-state index contributed by atoms with van der Waals surface area (Å²) < 4.78 is 0. The van der Waals surface area contributed by atoms with Gasteiger partial charge in [-0.3, -0.25) is 10.1 Å². The van der Waals surface area contributed by atoms with Crippen molar-refractivity contribution in [1.82, 2.24) is 9.97 Å². The van der Waals surface area contributed by atoms with E-state index in [9.17, 15) is 10.1 Å². The normalized spacial score (nSPS) is 14.6. The second kappa shape index (κ2) is 8.55. The Morgan fingerprint density at radius 1 is 1.12 bits per heavy atom. The van der Waals surface area contributed by atoms with E-state index < -0.39 is 0 Å². The van der Waals surface area contributed by atoms with E-state index in [2.05, 4.69) is 51.4 Å². The number of nitrogens with zero attached hydrogens (tertiary/aromatic N) is 4. The molecule has 0 aliphatic carbocycles. The van der Waals surface area contributed by atoms with Crippen LogP contribution in [0.1, 0.15) is 19.8 Å². The van der Waals surface area contributed by atoms with Gasteiger partial charge >= 0.3 is 0 Å². The van der Waals surface area contributed by atoms with Gasteiger partial charge in [0.2, 0.25) is 0 Å². The van der Waals surface area contributed by atoms with Gasteiger partial charge < -0.3 is 10.2 Å². The van der Waals surface area contributed by atoms with Crippen LogP contribution in [-0.4, -0.2) is 28.0 Å². The Morgan fingerprint density at radius 3 is 2.66 bits per heavy atom. The Balaban J connectivity index is 1.44. The van der Waals surface area contributed by atoms with Gasteiger partial charge in [0.1, 0.15) is 17.0 Å². The number of hydrogen-bond acceptors (Lipinski definition) is 7. The van der Waals surface area contributed by atoms with Crippen molar-refractivity contribution in [3.05, 3.63) is 70.4 Å². The number of rotatable bonds is 5. The number of nitro groups is 1. The van der Waals surface area contributed by atoms with Gasteiger partial charge in [0, 0.05) is 47.5 Å². The summed E-state index contributed by atoms with van der Waals surface area (Å²) in [5, 5.41) is 17.5. The summed E-state index contributed by atoms with van der Waals surface area (Å²) >= 11 is 1.50. The van der Waals surface area contributed by atoms with Gasteiger partial charge in [0.25, 0.3) is 5.69 Å². The minimum absolute atomic E-state index is 0.0657. The maximum Gasteiger partial charge on any atom is 0.270 e. The fourth-order valence-electron chi connectivity index (χ4n) is 4.13. The van der Waals surface area contributed by atoms with Gasteiger partial charge in [-0.05, 0) is 48.6 Å². The number of piperidine rings is 1. The van der Waals surface area contributed by atoms with Crippen LogP contribution in [0.25, 0.3) is 21.3 Å². The molecule has 0 radical (unpaired) electrons. The highest BCUT2D eigenvalue weighted by atomic mass is 32.1. The molecule has 4 aromatic rings. The Bertz CT molecular complexity index is 1260. The number of thiophene rings is 1. The highest BCUT2D eigenvalue weighted by Gasteiger charge is 2.17. The molecule has 7 nitrogen and oxygen atoms in total. The number of hydrogen-bond donors (Lipinski definition) is 1. The van der Waals surface area contributed by atoms with E-state index in [1.807, 2.05) is 11.4 Å². The molecule has 1 aliphatic rings. The van der Waals surface area contributed by atoms with Crippen molar-refractivity contribution in [2.45, 2.75) is 19.8 Å². The predicted molar refractivity (Wildman–Crippen MR) is 130 cm³/mol. The smallest absolute Gasteiger partial charge is 0.270 e. The summed E-state index contributed by atoms with van der Waals surface area (Å²) in [6.45, 7) is 4.52. The van der Waals surface area contributed by atoms with Crippen LogP contribution >= 0.6 is 11.3 Å². The second-order valence-corrected chi connectivity index (χ2v) is 9.06. The molecular formula is C24H23N5O2S. The highest BCUT2D eigenvalue weighted by Crippen LogP contribution is 2.38. The third-order valence-corrected chi connectivity index (χ3v) is 6.90. The van der Waals surface area contributed by atoms with Crippen LogP contribution in [0, 0.1) is 16.0 Å². The number of benzene rings is 2. The number of non-ortho nitro benzene ring substituents is 1. The monoisotopic (exact) mass is 445 g/mol. The molecule has 3 heterocycles. The lowest BCUT2D eigenvalue weighted by molar-refractivity contribution is -0.384. The SMILES string of the molecule is CC1CCN(c2ccc(Nc3ncnc4scc(-c5cccc([N+](=O)[O-])c5)c34)cc2)CC1. The molecule has 1 fully saturated rings. The van der Waals surface area contributed by atoms with Gasteiger partial charge in [-0.25, -0.2) is 9.97 Å². The molecule has 0 bridgehead atoms. The van der Waals surface area contributed by atoms with Crippen LogP contribution in [-0.2, 0) is 0 Å². The first-order valence-electron chi connectivity index (χ1n) is 10.7. The average Bonchev–Trinajstić information content (AvgIpc) is 3.26. The fourth-order valence-corrected chi connectivity index (χ4v) is 5.04. The first-order valence-corrected chi connectivity index (χ1v) is 11.6. The molecule has 2 aromatic carbocycles. The van der Waals surface area contributed by atoms with E-state index in [-0.39, 0.29) is 10.6 Å². The van der Waals surface area contributed by atoms with Crippen molar-refractivity contribution in [2.24, 2.45) is 5.92 Å². The van der Waals surface area contributed by atoms with Crippen molar-refractivity contribution in [2.75, 3.05) is 23.3 Å². The summed E-state index contributed by atoms with van der Waals surface area (Å²) in [6.07, 6.45) is 4.01. The van der Waals surface area contributed by atoms with Gasteiger partial charge in [0.15, 0.2) is 0 Å². The Kier molecular flexibility index (Phi) is 5.45. The summed E-state index contributed by atoms with van der Waals surface area (Å²) in [6, 6.07) is 15.1. The van der Waals surface area contributed by atoms with E-state index in [0.29, 0.717) is 5.82 Å². The molecule has 0 amide bonds. The molecule has 1 N–H and O–H groups in total. The van der Waals surface area contributed by atoms with Crippen LogP contribution in [0.5, 0.6) is 0 Å². The maximum absolute atomic E-state index is 11.2. The van der Waals surface area contributed by atoms with Crippen molar-refractivity contribution < 1.29 is 4.92 Å². The van der Waals surface area contributed by atoms with Crippen molar-refractivity contribution in [3.8, 4) is 11.1 Å². The van der Waals surface area contributed by atoms with Crippen molar-refractivity contribution in [1.29, 1.82) is 0 Å². The van der Waals surface area contributed by atoms with Crippen LogP contribution in [0.3, 0.4) is 0 Å². The lowest BCUT2D eigenvalue weighted by Crippen LogP contribution is -2.32. The van der Waals surface area contributed by atoms with Crippen molar-refractivity contribution in [3.63, 3.8) is 0 Å². The van der Waals surface area contributed by atoms with E-state index >= 15 is 0 Å². The van der Waals surface area contributed by atoms with E-state index in [1.54, 1.807) is 18.5 Å². The first-order chi connectivity index (χ1) is 15.6. The van der Waals surface area contributed by atoms with Gasteiger partial charge in [0.05, 0.1) is 10.3 Å². The summed E-state index contributed by atoms with van der Waals surface area (Å²) in [5.74, 6) is 1.50. The molecule has 32 heavy (non-hydrogen) atoms. The van der Waals surface area contributed by atoms with Crippen molar-refractivity contribution >= 4 is 44.4 Å². The maximum atomic E-state index is 11.2. The molecule has 5 rings (SSSR count). The Labute approximate surface area is 189 Å². The van der Waals surface area contributed by atoms with Crippen LogP contribution in [0.4, 0.5) is 22.9 Å². The topological polar surface area (TPSA) is 84.2 Å².